The maximum Gasteiger partial charge on any atom is 0.321 e. The van der Waals surface area contributed by atoms with Crippen LogP contribution in [0.3, 0.4) is 0 Å². The molecule has 0 atom stereocenters. The molecule has 0 aliphatic carbocycles. The Morgan fingerprint density at radius 2 is 2.04 bits per heavy atom. The molecule has 1 heterocycles. The highest BCUT2D eigenvalue weighted by Gasteiger charge is 2.11. The van der Waals surface area contributed by atoms with E-state index >= 15 is 0 Å². The molecule has 2 aromatic rings. The van der Waals surface area contributed by atoms with Gasteiger partial charge in [0.15, 0.2) is 4.34 Å². The minimum Gasteiger partial charge on any atom is -0.338 e. The number of aromatic nitrogens is 2. The number of nitrogens with zero attached hydrogens (tertiary/aromatic N) is 2. The first-order valence-electron chi connectivity index (χ1n) is 8.36. The van der Waals surface area contributed by atoms with Gasteiger partial charge in [-0.1, -0.05) is 48.6 Å². The van der Waals surface area contributed by atoms with Crippen LogP contribution in [-0.4, -0.2) is 34.4 Å². The van der Waals surface area contributed by atoms with Gasteiger partial charge in [0, 0.05) is 12.2 Å². The zero-order chi connectivity index (χ0) is 18.9. The predicted molar refractivity (Wildman–Crippen MR) is 106 cm³/mol. The van der Waals surface area contributed by atoms with Crippen molar-refractivity contribution in [3.63, 3.8) is 0 Å². The fourth-order valence-corrected chi connectivity index (χ4v) is 3.60. The zero-order valence-electron chi connectivity index (χ0n) is 15.1. The summed E-state index contributed by atoms with van der Waals surface area (Å²) in [6.07, 6.45) is 1.87. The largest absolute Gasteiger partial charge is 0.338 e. The highest BCUT2D eigenvalue weighted by Crippen LogP contribution is 2.29. The van der Waals surface area contributed by atoms with Gasteiger partial charge in [-0.05, 0) is 37.5 Å². The van der Waals surface area contributed by atoms with Crippen LogP contribution >= 0.6 is 23.1 Å². The van der Waals surface area contributed by atoms with Gasteiger partial charge in [-0.3, -0.25) is 10.1 Å². The summed E-state index contributed by atoms with van der Waals surface area (Å²) in [5, 5.41) is 17.0. The van der Waals surface area contributed by atoms with Crippen molar-refractivity contribution in [1.82, 2.24) is 20.8 Å². The van der Waals surface area contributed by atoms with Crippen molar-refractivity contribution in [2.75, 3.05) is 17.6 Å². The van der Waals surface area contributed by atoms with Crippen LogP contribution in [0.5, 0.6) is 0 Å². The standard InChI is InChI=1S/C17H23N5O2S2/c1-4-5-9-18-15(24)20-14(23)10-25-17-22-21-16(26-17)19-13-8-6-7-11(2)12(13)3/h6-8H,4-5,9-10H2,1-3H3,(H,19,21)(H2,18,20,23,24). The number of thioether (sulfide) groups is 1. The van der Waals surface area contributed by atoms with Crippen molar-refractivity contribution in [3.8, 4) is 0 Å². The van der Waals surface area contributed by atoms with E-state index in [0.717, 1.165) is 24.1 Å². The molecule has 0 saturated carbocycles. The Kier molecular flexibility index (Phi) is 7.86. The lowest BCUT2D eigenvalue weighted by Gasteiger charge is -2.08. The van der Waals surface area contributed by atoms with Crippen LogP contribution in [0, 0.1) is 13.8 Å². The highest BCUT2D eigenvalue weighted by atomic mass is 32.2. The summed E-state index contributed by atoms with van der Waals surface area (Å²) in [6.45, 7) is 6.70. The summed E-state index contributed by atoms with van der Waals surface area (Å²) in [4.78, 5) is 23.3. The molecule has 0 radical (unpaired) electrons. The van der Waals surface area contributed by atoms with Crippen LogP contribution in [0.2, 0.25) is 0 Å². The van der Waals surface area contributed by atoms with Crippen LogP contribution in [0.25, 0.3) is 0 Å². The van der Waals surface area contributed by atoms with Gasteiger partial charge in [0.1, 0.15) is 0 Å². The number of imide groups is 1. The van der Waals surface area contributed by atoms with E-state index in [1.807, 2.05) is 26.0 Å². The van der Waals surface area contributed by atoms with Crippen molar-refractivity contribution in [3.05, 3.63) is 29.3 Å². The zero-order valence-corrected chi connectivity index (χ0v) is 16.7. The minimum atomic E-state index is -0.460. The second-order valence-corrected chi connectivity index (χ2v) is 7.89. The topological polar surface area (TPSA) is 96.0 Å². The number of carbonyl (C=O) groups excluding carboxylic acids is 2. The number of anilines is 2. The van der Waals surface area contributed by atoms with Crippen LogP contribution in [-0.2, 0) is 4.79 Å². The Labute approximate surface area is 161 Å². The van der Waals surface area contributed by atoms with E-state index in [1.54, 1.807) is 0 Å². The molecular formula is C17H23N5O2S2. The van der Waals surface area contributed by atoms with Gasteiger partial charge >= 0.3 is 6.03 Å². The van der Waals surface area contributed by atoms with Crippen LogP contribution in [0.15, 0.2) is 22.5 Å². The first-order valence-corrected chi connectivity index (χ1v) is 10.2. The number of carbonyl (C=O) groups is 2. The molecule has 26 heavy (non-hydrogen) atoms. The second-order valence-electron chi connectivity index (χ2n) is 5.69. The molecule has 0 aliphatic rings. The first-order chi connectivity index (χ1) is 12.5. The first kappa shape index (κ1) is 20.2. The Morgan fingerprint density at radius 1 is 1.23 bits per heavy atom. The van der Waals surface area contributed by atoms with Gasteiger partial charge < -0.3 is 10.6 Å². The number of benzene rings is 1. The Bertz CT molecular complexity index is 763. The maximum atomic E-state index is 11.8. The summed E-state index contributed by atoms with van der Waals surface area (Å²) >= 11 is 2.62. The van der Waals surface area contributed by atoms with Crippen molar-refractivity contribution in [1.29, 1.82) is 0 Å². The third-order valence-electron chi connectivity index (χ3n) is 3.65. The molecule has 2 rings (SSSR count). The number of unbranched alkanes of at least 4 members (excludes halogenated alkanes) is 1. The van der Waals surface area contributed by atoms with Gasteiger partial charge in [-0.2, -0.15) is 0 Å². The van der Waals surface area contributed by atoms with E-state index < -0.39 is 6.03 Å². The van der Waals surface area contributed by atoms with Gasteiger partial charge in [0.2, 0.25) is 11.0 Å². The summed E-state index contributed by atoms with van der Waals surface area (Å²) in [5.74, 6) is -0.248. The Balaban J connectivity index is 1.80. The molecule has 7 nitrogen and oxygen atoms in total. The van der Waals surface area contributed by atoms with E-state index in [1.165, 1.54) is 28.7 Å². The molecule has 1 aromatic carbocycles. The minimum absolute atomic E-state index is 0.110. The number of aryl methyl sites for hydroxylation is 1. The van der Waals surface area contributed by atoms with E-state index in [-0.39, 0.29) is 11.7 Å². The van der Waals surface area contributed by atoms with Gasteiger partial charge in [-0.15, -0.1) is 10.2 Å². The van der Waals surface area contributed by atoms with Crippen molar-refractivity contribution >= 4 is 45.9 Å². The average molecular weight is 394 g/mol. The molecule has 0 unspecified atom stereocenters. The number of hydrogen-bond acceptors (Lipinski definition) is 7. The third-order valence-corrected chi connectivity index (χ3v) is 5.62. The summed E-state index contributed by atoms with van der Waals surface area (Å²) in [5.41, 5.74) is 3.34. The summed E-state index contributed by atoms with van der Waals surface area (Å²) in [6, 6.07) is 5.57. The lowest BCUT2D eigenvalue weighted by molar-refractivity contribution is -0.117. The van der Waals surface area contributed by atoms with Crippen LogP contribution in [0.4, 0.5) is 15.6 Å². The van der Waals surface area contributed by atoms with Crippen LogP contribution in [0.1, 0.15) is 30.9 Å². The smallest absolute Gasteiger partial charge is 0.321 e. The normalized spacial score (nSPS) is 10.4. The van der Waals surface area contributed by atoms with E-state index in [2.05, 4.69) is 39.1 Å². The molecule has 3 N–H and O–H groups in total. The number of amides is 3. The molecule has 3 amide bonds. The summed E-state index contributed by atoms with van der Waals surface area (Å²) in [7, 11) is 0. The highest BCUT2D eigenvalue weighted by molar-refractivity contribution is 8.01. The predicted octanol–water partition coefficient (Wildman–Crippen LogP) is 3.62. The molecule has 1 aromatic heterocycles. The Hall–Kier alpha value is -2.13. The van der Waals surface area contributed by atoms with E-state index in [0.29, 0.717) is 16.0 Å². The lowest BCUT2D eigenvalue weighted by Crippen LogP contribution is -2.40. The lowest BCUT2D eigenvalue weighted by atomic mass is 10.1. The molecule has 0 bridgehead atoms. The number of hydrogen-bond donors (Lipinski definition) is 3. The summed E-state index contributed by atoms with van der Waals surface area (Å²) < 4.78 is 0.666. The molecular weight excluding hydrogens is 370 g/mol. The SMILES string of the molecule is CCCCNC(=O)NC(=O)CSc1nnc(Nc2cccc(C)c2C)s1. The quantitative estimate of drug-likeness (QED) is 0.468. The molecule has 0 fully saturated rings. The molecule has 140 valence electrons. The van der Waals surface area contributed by atoms with Gasteiger partial charge in [-0.25, -0.2) is 4.79 Å². The van der Waals surface area contributed by atoms with Gasteiger partial charge in [0.25, 0.3) is 0 Å². The number of rotatable bonds is 8. The third kappa shape index (κ3) is 6.30. The van der Waals surface area contributed by atoms with Crippen molar-refractivity contribution in [2.24, 2.45) is 0 Å². The average Bonchev–Trinajstić information content (AvgIpc) is 3.05. The number of nitrogens with one attached hydrogen (secondary N) is 3. The molecule has 0 aliphatic heterocycles. The van der Waals surface area contributed by atoms with Crippen LogP contribution < -0.4 is 16.0 Å². The Morgan fingerprint density at radius 3 is 2.81 bits per heavy atom. The molecule has 9 heteroatoms. The van der Waals surface area contributed by atoms with Gasteiger partial charge in [0.05, 0.1) is 5.75 Å². The fraction of sp³-hybridized carbons (Fsp3) is 0.412. The van der Waals surface area contributed by atoms with Crippen molar-refractivity contribution in [2.45, 2.75) is 38.0 Å². The maximum absolute atomic E-state index is 11.8. The second kappa shape index (κ2) is 10.1. The van der Waals surface area contributed by atoms with E-state index in [4.69, 9.17) is 0 Å². The molecule has 0 saturated heterocycles. The number of urea groups is 1. The fourth-order valence-electron chi connectivity index (χ4n) is 2.03. The van der Waals surface area contributed by atoms with Crippen molar-refractivity contribution < 1.29 is 9.59 Å². The molecule has 0 spiro atoms. The monoisotopic (exact) mass is 393 g/mol. The van der Waals surface area contributed by atoms with E-state index in [9.17, 15) is 9.59 Å².